The molecule has 0 aromatic heterocycles. The van der Waals surface area contributed by atoms with E-state index in [1.54, 1.807) is 39.7 Å². The Morgan fingerprint density at radius 1 is 1.21 bits per heavy atom. The number of rotatable bonds is 8. The van der Waals surface area contributed by atoms with Crippen LogP contribution in [0.1, 0.15) is 58.6 Å². The summed E-state index contributed by atoms with van der Waals surface area (Å²) in [5.74, 6) is -0.472. The first-order chi connectivity index (χ1) is 18.2. The summed E-state index contributed by atoms with van der Waals surface area (Å²) in [5.41, 5.74) is 2.49. The van der Waals surface area contributed by atoms with Crippen molar-refractivity contribution in [3.05, 3.63) is 52.2 Å². The topological polar surface area (TPSA) is 97.7 Å². The van der Waals surface area contributed by atoms with Crippen molar-refractivity contribution in [2.45, 2.75) is 59.1 Å². The van der Waals surface area contributed by atoms with Crippen LogP contribution in [0, 0.1) is 5.92 Å². The molecule has 0 aliphatic carbocycles. The van der Waals surface area contributed by atoms with E-state index in [0.29, 0.717) is 48.3 Å². The first kappa shape index (κ1) is 27.8. The maximum absolute atomic E-state index is 13.5. The second-order valence-electron chi connectivity index (χ2n) is 9.70. The Hall–Kier alpha value is -3.27. The largest absolute Gasteiger partial charge is 0.496 e. The van der Waals surface area contributed by atoms with E-state index in [-0.39, 0.29) is 30.3 Å². The molecule has 0 unspecified atom stereocenters. The Balaban J connectivity index is 1.64. The number of benzene rings is 1. The number of nitrogens with zero attached hydrogens (tertiary/aromatic N) is 3. The minimum atomic E-state index is -0.576. The minimum absolute atomic E-state index is 0.0801. The maximum atomic E-state index is 13.5. The van der Waals surface area contributed by atoms with E-state index in [0.717, 1.165) is 17.7 Å². The number of thioether (sulfide) groups is 1. The number of likely N-dealkylation sites (tertiary alicyclic amines) is 1. The van der Waals surface area contributed by atoms with Gasteiger partial charge in [-0.1, -0.05) is 30.0 Å². The van der Waals surface area contributed by atoms with Crippen molar-refractivity contribution < 1.29 is 28.6 Å². The van der Waals surface area contributed by atoms with Gasteiger partial charge >= 0.3 is 11.9 Å². The Morgan fingerprint density at radius 3 is 2.68 bits per heavy atom. The molecule has 9 nitrogen and oxygen atoms in total. The van der Waals surface area contributed by atoms with Crippen molar-refractivity contribution in [2.24, 2.45) is 10.9 Å². The molecule has 0 N–H and O–H groups in total. The second-order valence-corrected chi connectivity index (χ2v) is 10.5. The molecule has 38 heavy (non-hydrogen) atoms. The molecule has 1 amide bonds. The van der Waals surface area contributed by atoms with Gasteiger partial charge in [0.2, 0.25) is 5.91 Å². The van der Waals surface area contributed by atoms with E-state index >= 15 is 0 Å². The zero-order valence-corrected chi connectivity index (χ0v) is 23.4. The van der Waals surface area contributed by atoms with Gasteiger partial charge in [0.25, 0.3) is 0 Å². The lowest BCUT2D eigenvalue weighted by Crippen LogP contribution is -2.44. The van der Waals surface area contributed by atoms with Crippen LogP contribution in [-0.2, 0) is 23.9 Å². The number of allylic oxidation sites excluding steroid dienone is 1. The SMILES string of the molecule is CCOC(=O)[C@@H]1CCCN(C(=O)CC2=CSC3=NC(C)=C(C(=O)OC(C)C)[C@H](c4ccccc4OC)N23)C1. The molecule has 1 saturated heterocycles. The molecule has 0 saturated carbocycles. The fraction of sp³-hybridized carbons (Fsp3) is 0.500. The summed E-state index contributed by atoms with van der Waals surface area (Å²) >= 11 is 1.42. The van der Waals surface area contributed by atoms with Crippen molar-refractivity contribution in [2.75, 3.05) is 26.8 Å². The number of amidine groups is 1. The number of methoxy groups -OCH3 is 1. The highest BCUT2D eigenvalue weighted by Gasteiger charge is 2.43. The number of para-hydroxylation sites is 1. The van der Waals surface area contributed by atoms with Crippen LogP contribution >= 0.6 is 11.8 Å². The van der Waals surface area contributed by atoms with Gasteiger partial charge in [-0.05, 0) is 52.0 Å². The maximum Gasteiger partial charge on any atom is 0.338 e. The lowest BCUT2D eigenvalue weighted by atomic mass is 9.93. The number of hydrogen-bond acceptors (Lipinski definition) is 9. The average molecular weight is 542 g/mol. The molecular weight excluding hydrogens is 506 g/mol. The van der Waals surface area contributed by atoms with Gasteiger partial charge in [0, 0.05) is 24.4 Å². The van der Waals surface area contributed by atoms with E-state index in [1.165, 1.54) is 11.8 Å². The Kier molecular flexibility index (Phi) is 8.81. The molecule has 0 radical (unpaired) electrons. The van der Waals surface area contributed by atoms with E-state index in [2.05, 4.69) is 0 Å². The van der Waals surface area contributed by atoms with Crippen LogP contribution in [0.15, 0.2) is 51.6 Å². The van der Waals surface area contributed by atoms with Gasteiger partial charge in [0.05, 0.1) is 49.5 Å². The zero-order valence-electron chi connectivity index (χ0n) is 22.6. The Bertz CT molecular complexity index is 1190. The summed E-state index contributed by atoms with van der Waals surface area (Å²) in [5, 5.41) is 2.60. The number of aliphatic imine (C=N–C) groups is 1. The lowest BCUT2D eigenvalue weighted by molar-refractivity contribution is -0.151. The van der Waals surface area contributed by atoms with Gasteiger partial charge in [-0.25, -0.2) is 9.79 Å². The van der Waals surface area contributed by atoms with Gasteiger partial charge in [0.1, 0.15) is 5.75 Å². The van der Waals surface area contributed by atoms with Crippen LogP contribution in [0.5, 0.6) is 5.75 Å². The molecule has 4 rings (SSSR count). The standard InChI is InChI=1S/C28H35N3O6S/c1-6-36-26(33)19-10-9-13-30(15-19)23(32)14-20-16-38-28-29-18(4)24(27(34)37-17(2)3)25(31(20)28)21-11-7-8-12-22(21)35-5/h7-8,11-12,16-17,19,25H,6,9-10,13-15H2,1-5H3/t19-,25+/m1/s1. The van der Waals surface area contributed by atoms with Crippen molar-refractivity contribution in [3.63, 3.8) is 0 Å². The number of ether oxygens (including phenoxy) is 3. The third-order valence-electron chi connectivity index (χ3n) is 6.72. The average Bonchev–Trinajstić information content (AvgIpc) is 3.29. The molecule has 2 atom stereocenters. The minimum Gasteiger partial charge on any atom is -0.496 e. The first-order valence-corrected chi connectivity index (χ1v) is 13.9. The monoisotopic (exact) mass is 541 g/mol. The third kappa shape index (κ3) is 5.75. The van der Waals surface area contributed by atoms with Crippen molar-refractivity contribution in [3.8, 4) is 5.75 Å². The molecule has 1 fully saturated rings. The van der Waals surface area contributed by atoms with Gasteiger partial charge in [-0.15, -0.1) is 0 Å². The van der Waals surface area contributed by atoms with Crippen molar-refractivity contribution in [1.82, 2.24) is 9.80 Å². The highest BCUT2D eigenvalue weighted by molar-refractivity contribution is 8.16. The second kappa shape index (κ2) is 12.1. The molecule has 10 heteroatoms. The highest BCUT2D eigenvalue weighted by atomic mass is 32.2. The van der Waals surface area contributed by atoms with E-state index in [1.807, 2.05) is 34.6 Å². The molecule has 0 spiro atoms. The van der Waals surface area contributed by atoms with Crippen LogP contribution in [-0.4, -0.2) is 65.7 Å². The van der Waals surface area contributed by atoms with E-state index in [9.17, 15) is 14.4 Å². The number of piperidine rings is 1. The smallest absolute Gasteiger partial charge is 0.338 e. The molecule has 1 aromatic rings. The molecule has 204 valence electrons. The predicted octanol–water partition coefficient (Wildman–Crippen LogP) is 4.41. The number of carbonyl (C=O) groups is 3. The number of fused-ring (bicyclic) bond motifs is 1. The first-order valence-electron chi connectivity index (χ1n) is 13.0. The summed E-state index contributed by atoms with van der Waals surface area (Å²) < 4.78 is 16.5. The highest BCUT2D eigenvalue weighted by Crippen LogP contribution is 2.47. The van der Waals surface area contributed by atoms with Gasteiger partial charge in [0.15, 0.2) is 5.17 Å². The molecule has 1 aromatic carbocycles. The van der Waals surface area contributed by atoms with Crippen LogP contribution in [0.3, 0.4) is 0 Å². The Morgan fingerprint density at radius 2 is 1.97 bits per heavy atom. The summed E-state index contributed by atoms with van der Waals surface area (Å²) in [6.45, 7) is 8.46. The number of esters is 2. The molecule has 3 aliphatic heterocycles. The summed E-state index contributed by atoms with van der Waals surface area (Å²) in [7, 11) is 1.59. The fourth-order valence-corrected chi connectivity index (χ4v) is 5.98. The number of carbonyl (C=O) groups excluding carboxylic acids is 3. The van der Waals surface area contributed by atoms with Crippen molar-refractivity contribution >= 4 is 34.8 Å². The molecule has 3 aliphatic rings. The summed E-state index contributed by atoms with van der Waals surface area (Å²) in [4.78, 5) is 47.5. The Labute approximate surface area is 227 Å². The molecule has 0 bridgehead atoms. The fourth-order valence-electron chi connectivity index (χ4n) is 5.02. The van der Waals surface area contributed by atoms with E-state index < -0.39 is 12.0 Å². The normalized spacial score (nSPS) is 21.1. The third-order valence-corrected chi connectivity index (χ3v) is 7.61. The molecular formula is C28H35N3O6S. The van der Waals surface area contributed by atoms with Gasteiger partial charge in [-0.3, -0.25) is 9.59 Å². The van der Waals surface area contributed by atoms with Gasteiger partial charge in [-0.2, -0.15) is 0 Å². The van der Waals surface area contributed by atoms with Crippen LogP contribution in [0.4, 0.5) is 0 Å². The van der Waals surface area contributed by atoms with Crippen molar-refractivity contribution in [1.29, 1.82) is 0 Å². The van der Waals surface area contributed by atoms with E-state index in [4.69, 9.17) is 19.2 Å². The summed E-state index contributed by atoms with van der Waals surface area (Å²) in [6, 6.07) is 6.96. The zero-order chi connectivity index (χ0) is 27.4. The molecule has 3 heterocycles. The van der Waals surface area contributed by atoms with Crippen LogP contribution in [0.2, 0.25) is 0 Å². The van der Waals surface area contributed by atoms with Gasteiger partial charge < -0.3 is 24.0 Å². The quantitative estimate of drug-likeness (QED) is 0.447. The van der Waals surface area contributed by atoms with Crippen LogP contribution < -0.4 is 4.74 Å². The summed E-state index contributed by atoms with van der Waals surface area (Å²) in [6.07, 6.45) is 1.27. The number of amides is 1. The predicted molar refractivity (Wildman–Crippen MR) is 145 cm³/mol. The number of hydrogen-bond donors (Lipinski definition) is 0. The lowest BCUT2D eigenvalue weighted by Gasteiger charge is -2.38. The van der Waals surface area contributed by atoms with Crippen LogP contribution in [0.25, 0.3) is 0 Å².